The minimum absolute atomic E-state index is 0.0942. The van der Waals surface area contributed by atoms with Crippen molar-refractivity contribution < 1.29 is 13.9 Å². The van der Waals surface area contributed by atoms with E-state index in [1.54, 1.807) is 24.4 Å². The lowest BCUT2D eigenvalue weighted by atomic mass is 10.2. The van der Waals surface area contributed by atoms with E-state index in [4.69, 9.17) is 4.74 Å². The molecule has 1 atom stereocenters. The zero-order valence-electron chi connectivity index (χ0n) is 15.7. The van der Waals surface area contributed by atoms with Crippen molar-refractivity contribution in [1.82, 2.24) is 15.3 Å². The molecule has 0 spiro atoms. The highest BCUT2D eigenvalue weighted by Crippen LogP contribution is 2.21. The van der Waals surface area contributed by atoms with Gasteiger partial charge in [-0.05, 0) is 31.0 Å². The average Bonchev–Trinajstić information content (AvgIpc) is 3.26. The van der Waals surface area contributed by atoms with Crippen molar-refractivity contribution in [1.29, 1.82) is 0 Å². The monoisotopic (exact) mass is 385 g/mol. The normalized spacial score (nSPS) is 19.7. The number of para-hydroxylation sites is 1. The number of amides is 1. The Balaban J connectivity index is 1.35. The molecular weight excluding hydrogens is 361 g/mol. The summed E-state index contributed by atoms with van der Waals surface area (Å²) in [5.41, 5.74) is 0.963. The van der Waals surface area contributed by atoms with Crippen molar-refractivity contribution in [2.45, 2.75) is 18.9 Å². The molecule has 1 unspecified atom stereocenters. The number of carbonyl (C=O) groups is 1. The van der Waals surface area contributed by atoms with Gasteiger partial charge in [-0.25, -0.2) is 14.4 Å². The van der Waals surface area contributed by atoms with Crippen LogP contribution in [0.3, 0.4) is 0 Å². The molecule has 0 saturated carbocycles. The van der Waals surface area contributed by atoms with Crippen LogP contribution >= 0.6 is 0 Å². The molecule has 2 aromatic rings. The van der Waals surface area contributed by atoms with Crippen molar-refractivity contribution in [2.75, 3.05) is 49.1 Å². The van der Waals surface area contributed by atoms with Gasteiger partial charge >= 0.3 is 0 Å². The topological polar surface area (TPSA) is 70.6 Å². The fourth-order valence-electron chi connectivity index (χ4n) is 3.59. The van der Waals surface area contributed by atoms with E-state index in [1.807, 2.05) is 15.9 Å². The number of hydrogen-bond donors (Lipinski definition) is 1. The molecule has 7 nitrogen and oxygen atoms in total. The molecule has 8 heteroatoms. The third kappa shape index (κ3) is 4.22. The molecule has 1 aromatic heterocycles. The van der Waals surface area contributed by atoms with Crippen molar-refractivity contribution in [2.24, 2.45) is 0 Å². The van der Waals surface area contributed by atoms with Gasteiger partial charge in [0.05, 0.1) is 11.8 Å². The molecule has 1 aromatic carbocycles. The minimum Gasteiger partial charge on any atom is -0.376 e. The molecular formula is C20H24FN5O2. The lowest BCUT2D eigenvalue weighted by molar-refractivity contribution is 0.0853. The van der Waals surface area contributed by atoms with Crippen LogP contribution in [-0.4, -0.2) is 61.3 Å². The summed E-state index contributed by atoms with van der Waals surface area (Å²) in [4.78, 5) is 25.2. The van der Waals surface area contributed by atoms with E-state index in [1.165, 1.54) is 6.07 Å². The Bertz CT molecular complexity index is 820. The SMILES string of the molecule is O=C(NCC1CCCO1)c1ccnc(N2CCN(c3ccccc3F)CC2)n1. The Hall–Kier alpha value is -2.74. The number of piperazine rings is 1. The minimum atomic E-state index is -0.218. The first-order chi connectivity index (χ1) is 13.7. The molecule has 2 aliphatic rings. The van der Waals surface area contributed by atoms with Gasteiger partial charge < -0.3 is 19.9 Å². The van der Waals surface area contributed by atoms with Crippen molar-refractivity contribution in [3.8, 4) is 0 Å². The maximum atomic E-state index is 14.0. The van der Waals surface area contributed by atoms with E-state index >= 15 is 0 Å². The fraction of sp³-hybridized carbons (Fsp3) is 0.450. The van der Waals surface area contributed by atoms with Gasteiger partial charge in [0.25, 0.3) is 5.91 Å². The van der Waals surface area contributed by atoms with E-state index in [0.717, 1.165) is 19.4 Å². The van der Waals surface area contributed by atoms with E-state index in [0.29, 0.717) is 50.1 Å². The average molecular weight is 385 g/mol. The molecule has 2 aliphatic heterocycles. The van der Waals surface area contributed by atoms with Gasteiger partial charge in [-0.3, -0.25) is 4.79 Å². The van der Waals surface area contributed by atoms with E-state index < -0.39 is 0 Å². The Morgan fingerprint density at radius 2 is 1.96 bits per heavy atom. The Kier molecular flexibility index (Phi) is 5.66. The molecule has 148 valence electrons. The summed E-state index contributed by atoms with van der Waals surface area (Å²) in [5.74, 6) is 0.0965. The molecule has 2 saturated heterocycles. The highest BCUT2D eigenvalue weighted by atomic mass is 19.1. The number of halogens is 1. The molecule has 4 rings (SSSR count). The maximum absolute atomic E-state index is 14.0. The number of ether oxygens (including phenoxy) is 1. The lowest BCUT2D eigenvalue weighted by Crippen LogP contribution is -2.47. The zero-order chi connectivity index (χ0) is 19.3. The van der Waals surface area contributed by atoms with Crippen molar-refractivity contribution >= 4 is 17.5 Å². The number of nitrogens with one attached hydrogen (secondary N) is 1. The highest BCUT2D eigenvalue weighted by molar-refractivity contribution is 5.92. The third-order valence-corrected chi connectivity index (χ3v) is 5.15. The van der Waals surface area contributed by atoms with Gasteiger partial charge in [-0.2, -0.15) is 0 Å². The smallest absolute Gasteiger partial charge is 0.270 e. The number of rotatable bonds is 5. The van der Waals surface area contributed by atoms with Crippen LogP contribution < -0.4 is 15.1 Å². The summed E-state index contributed by atoms with van der Waals surface area (Å²) < 4.78 is 19.5. The Morgan fingerprint density at radius 3 is 2.71 bits per heavy atom. The van der Waals surface area contributed by atoms with Crippen LogP contribution in [0.5, 0.6) is 0 Å². The van der Waals surface area contributed by atoms with Crippen LogP contribution in [0.4, 0.5) is 16.0 Å². The summed E-state index contributed by atoms with van der Waals surface area (Å²) in [6.07, 6.45) is 3.71. The second kappa shape index (κ2) is 8.52. The predicted molar refractivity (Wildman–Crippen MR) is 104 cm³/mol. The second-order valence-corrected chi connectivity index (χ2v) is 7.01. The highest BCUT2D eigenvalue weighted by Gasteiger charge is 2.22. The number of carbonyl (C=O) groups excluding carboxylic acids is 1. The molecule has 1 amide bonds. The molecule has 0 bridgehead atoms. The van der Waals surface area contributed by atoms with Crippen molar-refractivity contribution in [3.05, 3.63) is 48.0 Å². The number of nitrogens with zero attached hydrogens (tertiary/aromatic N) is 4. The van der Waals surface area contributed by atoms with Crippen LogP contribution in [0.25, 0.3) is 0 Å². The molecule has 0 aliphatic carbocycles. The van der Waals surface area contributed by atoms with Crippen LogP contribution in [0.15, 0.2) is 36.5 Å². The largest absolute Gasteiger partial charge is 0.376 e. The standard InChI is InChI=1S/C20H24FN5O2/c21-16-5-1-2-6-18(16)25-9-11-26(12-10-25)20-22-8-7-17(24-20)19(27)23-14-15-4-3-13-28-15/h1-2,5-8,15H,3-4,9-14H2,(H,23,27). The summed E-state index contributed by atoms with van der Waals surface area (Å²) in [5, 5.41) is 2.88. The quantitative estimate of drug-likeness (QED) is 0.847. The first-order valence-corrected chi connectivity index (χ1v) is 9.68. The van der Waals surface area contributed by atoms with Gasteiger partial charge in [-0.15, -0.1) is 0 Å². The summed E-state index contributed by atoms with van der Waals surface area (Å²) >= 11 is 0. The van der Waals surface area contributed by atoms with Gasteiger partial charge in [-0.1, -0.05) is 12.1 Å². The summed E-state index contributed by atoms with van der Waals surface area (Å²) in [7, 11) is 0. The number of benzene rings is 1. The van der Waals surface area contributed by atoms with Gasteiger partial charge in [0.2, 0.25) is 5.95 Å². The fourth-order valence-corrected chi connectivity index (χ4v) is 3.59. The number of hydrogen-bond acceptors (Lipinski definition) is 6. The van der Waals surface area contributed by atoms with E-state index in [2.05, 4.69) is 15.3 Å². The first kappa shape index (κ1) is 18.6. The van der Waals surface area contributed by atoms with Gasteiger partial charge in [0.15, 0.2) is 0 Å². The van der Waals surface area contributed by atoms with Gasteiger partial charge in [0.1, 0.15) is 11.5 Å². The van der Waals surface area contributed by atoms with E-state index in [9.17, 15) is 9.18 Å². The molecule has 2 fully saturated rings. The third-order valence-electron chi connectivity index (χ3n) is 5.15. The van der Waals surface area contributed by atoms with Crippen LogP contribution in [0.2, 0.25) is 0 Å². The summed E-state index contributed by atoms with van der Waals surface area (Å²) in [6.45, 7) is 3.92. The van der Waals surface area contributed by atoms with Crippen LogP contribution in [-0.2, 0) is 4.74 Å². The van der Waals surface area contributed by atoms with E-state index in [-0.39, 0.29) is 17.8 Å². The van der Waals surface area contributed by atoms with Crippen molar-refractivity contribution in [3.63, 3.8) is 0 Å². The Labute approximate surface area is 163 Å². The summed E-state index contributed by atoms with van der Waals surface area (Å²) in [6, 6.07) is 8.42. The second-order valence-electron chi connectivity index (χ2n) is 7.01. The number of aromatic nitrogens is 2. The zero-order valence-corrected chi connectivity index (χ0v) is 15.7. The Morgan fingerprint density at radius 1 is 1.18 bits per heavy atom. The maximum Gasteiger partial charge on any atom is 0.270 e. The molecule has 28 heavy (non-hydrogen) atoms. The lowest BCUT2D eigenvalue weighted by Gasteiger charge is -2.36. The molecule has 1 N–H and O–H groups in total. The molecule has 3 heterocycles. The van der Waals surface area contributed by atoms with Crippen LogP contribution in [0.1, 0.15) is 23.3 Å². The predicted octanol–water partition coefficient (Wildman–Crippen LogP) is 1.85. The molecule has 0 radical (unpaired) electrons. The van der Waals surface area contributed by atoms with Crippen LogP contribution in [0, 0.1) is 5.82 Å². The first-order valence-electron chi connectivity index (χ1n) is 9.68. The van der Waals surface area contributed by atoms with Gasteiger partial charge in [0, 0.05) is 45.5 Å². The number of anilines is 2.